The zero-order valence-electron chi connectivity index (χ0n) is 8.57. The molecule has 1 amide bonds. The molecule has 0 aromatic rings. The van der Waals surface area contributed by atoms with Crippen LogP contribution in [-0.4, -0.2) is 45.7 Å². The van der Waals surface area contributed by atoms with E-state index in [0.29, 0.717) is 0 Å². The lowest BCUT2D eigenvalue weighted by atomic mass is 10.4. The molecule has 0 bridgehead atoms. The quantitative estimate of drug-likeness (QED) is 0.461. The van der Waals surface area contributed by atoms with Crippen molar-refractivity contribution in [1.29, 1.82) is 0 Å². The van der Waals surface area contributed by atoms with Crippen LogP contribution in [0, 0.1) is 11.8 Å². The second kappa shape index (κ2) is 4.98. The number of hydrogen-bond donors (Lipinski definition) is 0. The second-order valence-corrected chi connectivity index (χ2v) is 4.51. The molecule has 1 unspecified atom stereocenters. The number of rotatable bonds is 2. The summed E-state index contributed by atoms with van der Waals surface area (Å²) < 4.78 is 25.8. The Hall–Kier alpha value is -1.06. The van der Waals surface area contributed by atoms with Gasteiger partial charge in [0.05, 0.1) is 6.26 Å². The van der Waals surface area contributed by atoms with Gasteiger partial charge in [-0.25, -0.2) is 0 Å². The van der Waals surface area contributed by atoms with Crippen LogP contribution < -0.4 is 0 Å². The number of nitrogens with zero attached hydrogens (tertiary/aromatic N) is 1. The van der Waals surface area contributed by atoms with E-state index in [1.54, 1.807) is 14.1 Å². The van der Waals surface area contributed by atoms with Crippen molar-refractivity contribution in [3.8, 4) is 11.8 Å². The summed E-state index contributed by atoms with van der Waals surface area (Å²) in [6.45, 7) is 1.46. The van der Waals surface area contributed by atoms with Crippen molar-refractivity contribution in [2.45, 2.75) is 13.0 Å². The van der Waals surface area contributed by atoms with Gasteiger partial charge in [0.15, 0.2) is 0 Å². The Labute approximate surface area is 84.2 Å². The van der Waals surface area contributed by atoms with Crippen LogP contribution in [0.25, 0.3) is 0 Å². The first-order valence-electron chi connectivity index (χ1n) is 3.83. The lowest BCUT2D eigenvalue weighted by Crippen LogP contribution is -2.20. The van der Waals surface area contributed by atoms with E-state index in [2.05, 4.69) is 16.0 Å². The molecule has 0 rings (SSSR count). The van der Waals surface area contributed by atoms with E-state index in [9.17, 15) is 13.2 Å². The van der Waals surface area contributed by atoms with Crippen LogP contribution >= 0.6 is 0 Å². The van der Waals surface area contributed by atoms with E-state index in [0.717, 1.165) is 6.26 Å². The Kier molecular flexibility index (Phi) is 4.60. The van der Waals surface area contributed by atoms with Gasteiger partial charge in [0.25, 0.3) is 16.0 Å². The Morgan fingerprint density at radius 3 is 2.29 bits per heavy atom. The minimum atomic E-state index is -3.52. The molecule has 0 aromatic heterocycles. The number of carbonyl (C=O) groups excluding carboxylic acids is 1. The van der Waals surface area contributed by atoms with Gasteiger partial charge in [0, 0.05) is 14.1 Å². The van der Waals surface area contributed by atoms with Crippen LogP contribution in [-0.2, 0) is 19.1 Å². The summed E-state index contributed by atoms with van der Waals surface area (Å²) in [4.78, 5) is 12.3. The third-order valence-corrected chi connectivity index (χ3v) is 1.75. The monoisotopic (exact) mass is 219 g/mol. The molecule has 0 radical (unpaired) electrons. The minimum Gasteiger partial charge on any atom is -0.338 e. The molecule has 0 heterocycles. The maximum absolute atomic E-state index is 11.0. The molecular weight excluding hydrogens is 206 g/mol. The van der Waals surface area contributed by atoms with E-state index in [4.69, 9.17) is 0 Å². The lowest BCUT2D eigenvalue weighted by molar-refractivity contribution is -0.122. The van der Waals surface area contributed by atoms with Crippen molar-refractivity contribution in [3.63, 3.8) is 0 Å². The van der Waals surface area contributed by atoms with Crippen LogP contribution in [0.15, 0.2) is 0 Å². The highest BCUT2D eigenvalue weighted by Crippen LogP contribution is 1.94. The summed E-state index contributed by atoms with van der Waals surface area (Å²) in [5.41, 5.74) is 0. The fraction of sp³-hybridized carbons (Fsp3) is 0.625. The fourth-order valence-corrected chi connectivity index (χ4v) is 1.13. The SMILES string of the molecule is CC(C#CC(=O)N(C)C)OS(C)(=O)=O. The van der Waals surface area contributed by atoms with Gasteiger partial charge in [0.1, 0.15) is 6.10 Å². The lowest BCUT2D eigenvalue weighted by Gasteiger charge is -2.04. The van der Waals surface area contributed by atoms with E-state index in [1.807, 2.05) is 0 Å². The Morgan fingerprint density at radius 1 is 1.43 bits per heavy atom. The predicted molar refractivity (Wildman–Crippen MR) is 51.9 cm³/mol. The highest BCUT2D eigenvalue weighted by atomic mass is 32.2. The maximum Gasteiger partial charge on any atom is 0.298 e. The van der Waals surface area contributed by atoms with Gasteiger partial charge >= 0.3 is 0 Å². The number of carbonyl (C=O) groups is 1. The summed E-state index contributed by atoms with van der Waals surface area (Å²) in [5, 5.41) is 0. The van der Waals surface area contributed by atoms with E-state index in [1.165, 1.54) is 11.8 Å². The Morgan fingerprint density at radius 2 is 1.93 bits per heavy atom. The fourth-order valence-electron chi connectivity index (χ4n) is 0.561. The highest BCUT2D eigenvalue weighted by molar-refractivity contribution is 7.86. The molecule has 6 heteroatoms. The Balaban J connectivity index is 4.32. The number of amides is 1. The third kappa shape index (κ3) is 6.46. The average molecular weight is 219 g/mol. The Bertz CT molecular complexity index is 361. The van der Waals surface area contributed by atoms with Crippen LogP contribution in [0.3, 0.4) is 0 Å². The van der Waals surface area contributed by atoms with E-state index < -0.39 is 22.1 Å². The molecule has 14 heavy (non-hydrogen) atoms. The second-order valence-electron chi connectivity index (χ2n) is 2.91. The predicted octanol–water partition coefficient (Wildman–Crippen LogP) is -0.557. The zero-order valence-corrected chi connectivity index (χ0v) is 9.38. The van der Waals surface area contributed by atoms with E-state index >= 15 is 0 Å². The van der Waals surface area contributed by atoms with Crippen molar-refractivity contribution < 1.29 is 17.4 Å². The molecule has 0 fully saturated rings. The van der Waals surface area contributed by atoms with Gasteiger partial charge in [-0.3, -0.25) is 8.98 Å². The first-order chi connectivity index (χ1) is 6.22. The van der Waals surface area contributed by atoms with Gasteiger partial charge in [-0.05, 0) is 12.8 Å². The molecule has 0 aliphatic rings. The molecule has 0 aliphatic heterocycles. The third-order valence-electron chi connectivity index (χ3n) is 1.11. The number of hydrogen-bond acceptors (Lipinski definition) is 4. The van der Waals surface area contributed by atoms with Gasteiger partial charge in [-0.15, -0.1) is 0 Å². The van der Waals surface area contributed by atoms with Gasteiger partial charge < -0.3 is 4.90 Å². The molecular formula is C8H13NO4S. The van der Waals surface area contributed by atoms with Crippen molar-refractivity contribution in [3.05, 3.63) is 0 Å². The van der Waals surface area contributed by atoms with Crippen LogP contribution in [0.5, 0.6) is 0 Å². The summed E-state index contributed by atoms with van der Waals surface area (Å²) >= 11 is 0. The molecule has 5 nitrogen and oxygen atoms in total. The zero-order chi connectivity index (χ0) is 11.4. The normalized spacial score (nSPS) is 12.6. The molecule has 0 aliphatic carbocycles. The summed E-state index contributed by atoms with van der Waals surface area (Å²) in [7, 11) is -0.410. The van der Waals surface area contributed by atoms with Gasteiger partial charge in [-0.2, -0.15) is 8.42 Å². The van der Waals surface area contributed by atoms with E-state index in [-0.39, 0.29) is 0 Å². The van der Waals surface area contributed by atoms with Crippen LogP contribution in [0.2, 0.25) is 0 Å². The molecule has 0 spiro atoms. The first-order valence-corrected chi connectivity index (χ1v) is 5.65. The van der Waals surface area contributed by atoms with Crippen LogP contribution in [0.1, 0.15) is 6.92 Å². The first kappa shape index (κ1) is 12.9. The average Bonchev–Trinajstić information content (AvgIpc) is 1.96. The van der Waals surface area contributed by atoms with Gasteiger partial charge in [0.2, 0.25) is 0 Å². The van der Waals surface area contributed by atoms with Crippen LogP contribution in [0.4, 0.5) is 0 Å². The molecule has 0 saturated heterocycles. The molecule has 0 aromatic carbocycles. The highest BCUT2D eigenvalue weighted by Gasteiger charge is 2.07. The maximum atomic E-state index is 11.0. The smallest absolute Gasteiger partial charge is 0.298 e. The van der Waals surface area contributed by atoms with Crippen molar-refractivity contribution in [1.82, 2.24) is 4.90 Å². The largest absolute Gasteiger partial charge is 0.338 e. The van der Waals surface area contributed by atoms with Crippen molar-refractivity contribution in [2.24, 2.45) is 0 Å². The molecule has 0 N–H and O–H groups in total. The molecule has 1 atom stereocenters. The summed E-state index contributed by atoms with van der Waals surface area (Å²) in [6.07, 6.45) is 0.118. The topological polar surface area (TPSA) is 63.7 Å². The van der Waals surface area contributed by atoms with Gasteiger partial charge in [-0.1, -0.05) is 5.92 Å². The molecule has 0 saturated carbocycles. The van der Waals surface area contributed by atoms with Crippen molar-refractivity contribution in [2.75, 3.05) is 20.4 Å². The van der Waals surface area contributed by atoms with Crippen molar-refractivity contribution >= 4 is 16.0 Å². The summed E-state index contributed by atoms with van der Waals surface area (Å²) in [6, 6.07) is 0. The summed E-state index contributed by atoms with van der Waals surface area (Å²) in [5.74, 6) is 4.24. The molecule has 80 valence electrons. The minimum absolute atomic E-state index is 0.394. The standard InChI is InChI=1S/C8H13NO4S/c1-7(13-14(4,11)12)5-6-8(10)9(2)3/h7H,1-4H3.